The van der Waals surface area contributed by atoms with Gasteiger partial charge in [-0.15, -0.1) is 12.4 Å². The van der Waals surface area contributed by atoms with Crippen molar-refractivity contribution in [2.45, 2.75) is 32.7 Å². The van der Waals surface area contributed by atoms with Crippen LogP contribution in [0.5, 0.6) is 0 Å². The fraction of sp³-hybridized carbons (Fsp3) is 0.556. The number of hydrogen-bond acceptors (Lipinski definition) is 7. The Labute approximate surface area is 168 Å². The summed E-state index contributed by atoms with van der Waals surface area (Å²) in [4.78, 5) is 23.7. The first-order valence-electron chi connectivity index (χ1n) is 9.24. The second kappa shape index (κ2) is 8.02. The lowest BCUT2D eigenvalue weighted by Gasteiger charge is -2.30. The molecule has 1 unspecified atom stereocenters. The second-order valence-electron chi connectivity index (χ2n) is 7.25. The summed E-state index contributed by atoms with van der Waals surface area (Å²) in [5.74, 6) is 1.34. The molecule has 0 bridgehead atoms. The highest BCUT2D eigenvalue weighted by Crippen LogP contribution is 2.22. The highest BCUT2D eigenvalue weighted by atomic mass is 35.5. The number of likely N-dealkylation sites (N-methyl/N-ethyl adjacent to an activating group) is 1. The average Bonchev–Trinajstić information content (AvgIpc) is 3.20. The van der Waals surface area contributed by atoms with Crippen LogP contribution in [0.15, 0.2) is 9.32 Å². The van der Waals surface area contributed by atoms with Crippen LogP contribution in [0.25, 0.3) is 11.0 Å². The largest absolute Gasteiger partial charge is 0.339 e. The topological polar surface area (TPSA) is 105 Å². The van der Waals surface area contributed by atoms with Crippen LogP contribution in [0.2, 0.25) is 0 Å². The van der Waals surface area contributed by atoms with Crippen molar-refractivity contribution >= 4 is 23.4 Å². The van der Waals surface area contributed by atoms with Gasteiger partial charge < -0.3 is 9.84 Å². The normalized spacial score (nSPS) is 17.8. The number of hydrogen-bond donors (Lipinski definition) is 2. The van der Waals surface area contributed by atoms with E-state index in [1.807, 2.05) is 13.8 Å². The molecule has 10 heteroatoms. The Morgan fingerprint density at radius 2 is 2.00 bits per heavy atom. The maximum absolute atomic E-state index is 12.3. The number of aromatic nitrogens is 5. The van der Waals surface area contributed by atoms with Crippen LogP contribution >= 0.6 is 12.4 Å². The summed E-state index contributed by atoms with van der Waals surface area (Å²) in [6.07, 6.45) is 1.33. The summed E-state index contributed by atoms with van der Waals surface area (Å²) in [6.45, 7) is 6.71. The van der Waals surface area contributed by atoms with Gasteiger partial charge in [-0.2, -0.15) is 4.98 Å². The quantitative estimate of drug-likeness (QED) is 0.665. The van der Waals surface area contributed by atoms with Crippen LogP contribution in [0, 0.1) is 13.8 Å². The summed E-state index contributed by atoms with van der Waals surface area (Å²) in [5, 5.41) is 11.2. The highest BCUT2D eigenvalue weighted by molar-refractivity contribution is 5.85. The predicted molar refractivity (Wildman–Crippen MR) is 108 cm³/mol. The predicted octanol–water partition coefficient (Wildman–Crippen LogP) is 1.04. The van der Waals surface area contributed by atoms with Crippen LogP contribution in [0.1, 0.15) is 34.6 Å². The molecule has 152 valence electrons. The summed E-state index contributed by atoms with van der Waals surface area (Å²) in [7, 11) is 3.78. The molecule has 1 aliphatic heterocycles. The molecule has 0 amide bonds. The van der Waals surface area contributed by atoms with Crippen LogP contribution in [-0.2, 0) is 19.9 Å². The first-order valence-corrected chi connectivity index (χ1v) is 9.24. The van der Waals surface area contributed by atoms with E-state index < -0.39 is 0 Å². The molecule has 0 spiro atoms. The van der Waals surface area contributed by atoms with Crippen LogP contribution in [-0.4, -0.2) is 56.5 Å². The minimum Gasteiger partial charge on any atom is -0.339 e. The number of nitrogens with zero attached hydrogens (tertiary/aromatic N) is 5. The van der Waals surface area contributed by atoms with Crippen molar-refractivity contribution in [1.29, 1.82) is 0 Å². The first kappa shape index (κ1) is 20.5. The van der Waals surface area contributed by atoms with E-state index >= 15 is 0 Å². The van der Waals surface area contributed by atoms with Gasteiger partial charge in [0.25, 0.3) is 5.56 Å². The van der Waals surface area contributed by atoms with Crippen molar-refractivity contribution in [1.82, 2.24) is 35.1 Å². The number of pyridine rings is 1. The average molecular weight is 408 g/mol. The number of rotatable bonds is 4. The molecule has 2 N–H and O–H groups in total. The second-order valence-corrected chi connectivity index (χ2v) is 7.25. The Bertz CT molecular complexity index is 1040. The number of aryl methyl sites for hydroxylation is 4. The van der Waals surface area contributed by atoms with Crippen LogP contribution in [0.3, 0.4) is 0 Å². The molecule has 3 aromatic rings. The third kappa shape index (κ3) is 3.57. The fourth-order valence-electron chi connectivity index (χ4n) is 3.81. The van der Waals surface area contributed by atoms with E-state index in [4.69, 9.17) is 4.52 Å². The van der Waals surface area contributed by atoms with Gasteiger partial charge in [0.1, 0.15) is 0 Å². The Balaban J connectivity index is 0.00000225. The van der Waals surface area contributed by atoms with Gasteiger partial charge in [0.2, 0.25) is 5.89 Å². The SMILES string of the molecule is Cc1nc2[nH]n(C)c(=O)c2c(C)c1CCc1nc(C2CNCCN2C)no1.Cl. The lowest BCUT2D eigenvalue weighted by atomic mass is 10.0. The van der Waals surface area contributed by atoms with Crippen molar-refractivity contribution in [3.05, 3.63) is 38.9 Å². The van der Waals surface area contributed by atoms with Crippen molar-refractivity contribution < 1.29 is 4.52 Å². The van der Waals surface area contributed by atoms with E-state index in [1.165, 1.54) is 4.68 Å². The van der Waals surface area contributed by atoms with E-state index in [-0.39, 0.29) is 24.0 Å². The lowest BCUT2D eigenvalue weighted by Crippen LogP contribution is -2.44. The molecule has 1 saturated heterocycles. The summed E-state index contributed by atoms with van der Waals surface area (Å²) < 4.78 is 6.94. The number of piperazine rings is 1. The van der Waals surface area contributed by atoms with Gasteiger partial charge in [-0.05, 0) is 38.4 Å². The summed E-state index contributed by atoms with van der Waals surface area (Å²) in [5.41, 5.74) is 3.53. The fourth-order valence-corrected chi connectivity index (χ4v) is 3.81. The molecule has 1 atom stereocenters. The molecule has 0 aliphatic carbocycles. The van der Waals surface area contributed by atoms with Crippen molar-refractivity contribution in [2.75, 3.05) is 26.7 Å². The van der Waals surface area contributed by atoms with Gasteiger partial charge in [0.15, 0.2) is 11.5 Å². The van der Waals surface area contributed by atoms with Crippen molar-refractivity contribution in [3.63, 3.8) is 0 Å². The molecule has 1 fully saturated rings. The van der Waals surface area contributed by atoms with Crippen LogP contribution in [0.4, 0.5) is 0 Å². The van der Waals surface area contributed by atoms with E-state index in [9.17, 15) is 4.79 Å². The number of halogens is 1. The van der Waals surface area contributed by atoms with Gasteiger partial charge in [-0.25, -0.2) is 4.98 Å². The maximum Gasteiger partial charge on any atom is 0.276 e. The number of fused-ring (bicyclic) bond motifs is 1. The first-order chi connectivity index (χ1) is 13.0. The molecule has 28 heavy (non-hydrogen) atoms. The smallest absolute Gasteiger partial charge is 0.276 e. The lowest BCUT2D eigenvalue weighted by molar-refractivity contribution is 0.190. The van der Waals surface area contributed by atoms with Gasteiger partial charge in [0.05, 0.1) is 11.4 Å². The molecule has 0 radical (unpaired) electrons. The van der Waals surface area contributed by atoms with E-state index in [1.54, 1.807) is 7.05 Å². The molecule has 0 saturated carbocycles. The van der Waals surface area contributed by atoms with E-state index in [0.717, 1.165) is 42.3 Å². The number of aromatic amines is 1. The zero-order chi connectivity index (χ0) is 19.1. The van der Waals surface area contributed by atoms with Crippen molar-refractivity contribution in [2.24, 2.45) is 7.05 Å². The van der Waals surface area contributed by atoms with Gasteiger partial charge in [0, 0.05) is 38.8 Å². The van der Waals surface area contributed by atoms with Crippen molar-refractivity contribution in [3.8, 4) is 0 Å². The third-order valence-corrected chi connectivity index (χ3v) is 5.45. The Kier molecular flexibility index (Phi) is 5.87. The minimum atomic E-state index is -0.0517. The Morgan fingerprint density at radius 3 is 2.75 bits per heavy atom. The van der Waals surface area contributed by atoms with E-state index in [2.05, 4.69) is 37.5 Å². The zero-order valence-electron chi connectivity index (χ0n) is 16.6. The molecule has 1 aliphatic rings. The molecular weight excluding hydrogens is 382 g/mol. The maximum atomic E-state index is 12.3. The number of nitrogens with one attached hydrogen (secondary N) is 2. The molecule has 0 aromatic carbocycles. The Hall–Kier alpha value is -2.23. The molecule has 3 aromatic heterocycles. The standard InChI is InChI=1S/C18H25N7O2.ClH/c1-10-12(11(2)20-17-15(10)18(26)25(4)22-17)5-6-14-21-16(23-27-14)13-9-19-7-8-24(13)3;/h13,19H,5-9H2,1-4H3,(H,20,22);1H. The van der Waals surface area contributed by atoms with Gasteiger partial charge >= 0.3 is 0 Å². The van der Waals surface area contributed by atoms with Gasteiger partial charge in [-0.3, -0.25) is 19.5 Å². The minimum absolute atomic E-state index is 0. The summed E-state index contributed by atoms with van der Waals surface area (Å²) in [6, 6.07) is 0.139. The monoisotopic (exact) mass is 407 g/mol. The molecular formula is C18H26ClN7O2. The van der Waals surface area contributed by atoms with E-state index in [0.29, 0.717) is 29.8 Å². The number of H-pyrrole nitrogens is 1. The molecule has 4 rings (SSSR count). The molecule has 4 heterocycles. The highest BCUT2D eigenvalue weighted by Gasteiger charge is 2.25. The zero-order valence-corrected chi connectivity index (χ0v) is 17.4. The molecule has 9 nitrogen and oxygen atoms in total. The van der Waals surface area contributed by atoms with Gasteiger partial charge in [-0.1, -0.05) is 5.16 Å². The van der Waals surface area contributed by atoms with Crippen LogP contribution < -0.4 is 10.9 Å². The summed E-state index contributed by atoms with van der Waals surface area (Å²) >= 11 is 0. The Morgan fingerprint density at radius 1 is 1.21 bits per heavy atom. The third-order valence-electron chi connectivity index (χ3n) is 5.45.